The van der Waals surface area contributed by atoms with Crippen molar-refractivity contribution in [2.75, 3.05) is 26.3 Å². The summed E-state index contributed by atoms with van der Waals surface area (Å²) in [5.41, 5.74) is 0.440. The first kappa shape index (κ1) is 7.03. The fourth-order valence-corrected chi connectivity index (χ4v) is 0.979. The summed E-state index contributed by atoms with van der Waals surface area (Å²) in [6.45, 7) is 8.40. The van der Waals surface area contributed by atoms with E-state index in [4.69, 9.17) is 4.74 Å². The highest BCUT2D eigenvalue weighted by Gasteiger charge is 2.32. The fourth-order valence-electron chi connectivity index (χ4n) is 0.979. The Bertz CT molecular complexity index is 88.9. The Labute approximate surface area is 56.6 Å². The SMILES string of the molecule is CCNCC1(C)COC1. The van der Waals surface area contributed by atoms with Crippen LogP contribution >= 0.6 is 0 Å². The predicted octanol–water partition coefficient (Wildman–Crippen LogP) is 0.632. The Morgan fingerprint density at radius 1 is 1.56 bits per heavy atom. The summed E-state index contributed by atoms with van der Waals surface area (Å²) in [5, 5.41) is 3.31. The van der Waals surface area contributed by atoms with Crippen molar-refractivity contribution in [3.63, 3.8) is 0 Å². The normalized spacial score (nSPS) is 23.3. The summed E-state index contributed by atoms with van der Waals surface area (Å²) in [6.07, 6.45) is 0. The van der Waals surface area contributed by atoms with Gasteiger partial charge in [-0.05, 0) is 6.54 Å². The van der Waals surface area contributed by atoms with Crippen molar-refractivity contribution in [2.45, 2.75) is 13.8 Å². The van der Waals surface area contributed by atoms with Gasteiger partial charge in [0.05, 0.1) is 13.2 Å². The van der Waals surface area contributed by atoms with E-state index >= 15 is 0 Å². The molecule has 0 bridgehead atoms. The second-order valence-electron chi connectivity index (χ2n) is 3.08. The standard InChI is InChI=1S/C7H15NO/c1-3-8-4-7(2)5-9-6-7/h8H,3-6H2,1-2H3. The number of hydrogen-bond acceptors (Lipinski definition) is 2. The summed E-state index contributed by atoms with van der Waals surface area (Å²) in [7, 11) is 0. The lowest BCUT2D eigenvalue weighted by molar-refractivity contribution is -0.0987. The molecule has 1 rings (SSSR count). The molecule has 2 heteroatoms. The highest BCUT2D eigenvalue weighted by Crippen LogP contribution is 2.24. The second kappa shape index (κ2) is 2.67. The van der Waals surface area contributed by atoms with E-state index in [1.54, 1.807) is 0 Å². The highest BCUT2D eigenvalue weighted by molar-refractivity contribution is 4.82. The molecule has 2 nitrogen and oxygen atoms in total. The van der Waals surface area contributed by atoms with Crippen LogP contribution in [0.3, 0.4) is 0 Å². The van der Waals surface area contributed by atoms with Crippen LogP contribution in [0.25, 0.3) is 0 Å². The molecule has 0 atom stereocenters. The molecule has 0 radical (unpaired) electrons. The number of ether oxygens (including phenoxy) is 1. The third-order valence-corrected chi connectivity index (χ3v) is 1.70. The summed E-state index contributed by atoms with van der Waals surface area (Å²) in [6, 6.07) is 0. The fraction of sp³-hybridized carbons (Fsp3) is 1.00. The summed E-state index contributed by atoms with van der Waals surface area (Å²) in [5.74, 6) is 0. The molecule has 1 heterocycles. The molecule has 0 aromatic rings. The third kappa shape index (κ3) is 1.66. The predicted molar refractivity (Wildman–Crippen MR) is 37.5 cm³/mol. The highest BCUT2D eigenvalue weighted by atomic mass is 16.5. The largest absolute Gasteiger partial charge is 0.380 e. The van der Waals surface area contributed by atoms with E-state index < -0.39 is 0 Å². The van der Waals surface area contributed by atoms with Crippen molar-refractivity contribution in [2.24, 2.45) is 5.41 Å². The molecular formula is C7H15NO. The summed E-state index contributed by atoms with van der Waals surface area (Å²) in [4.78, 5) is 0. The van der Waals surface area contributed by atoms with E-state index in [-0.39, 0.29) is 0 Å². The molecule has 1 N–H and O–H groups in total. The average molecular weight is 129 g/mol. The Balaban J connectivity index is 2.09. The van der Waals surface area contributed by atoms with E-state index in [2.05, 4.69) is 19.2 Å². The van der Waals surface area contributed by atoms with Crippen LogP contribution in [-0.2, 0) is 4.74 Å². The Morgan fingerprint density at radius 3 is 2.56 bits per heavy atom. The molecule has 54 valence electrons. The molecule has 1 aliphatic rings. The molecule has 1 saturated heterocycles. The maximum absolute atomic E-state index is 5.09. The van der Waals surface area contributed by atoms with Gasteiger partial charge in [0.1, 0.15) is 0 Å². The van der Waals surface area contributed by atoms with Gasteiger partial charge in [0.25, 0.3) is 0 Å². The first-order valence-corrected chi connectivity index (χ1v) is 3.55. The van der Waals surface area contributed by atoms with Gasteiger partial charge >= 0.3 is 0 Å². The van der Waals surface area contributed by atoms with Crippen molar-refractivity contribution in [3.8, 4) is 0 Å². The zero-order valence-corrected chi connectivity index (χ0v) is 6.24. The molecule has 0 amide bonds. The molecule has 0 aromatic carbocycles. The van der Waals surface area contributed by atoms with Crippen LogP contribution < -0.4 is 5.32 Å². The van der Waals surface area contributed by atoms with E-state index in [0.29, 0.717) is 5.41 Å². The maximum atomic E-state index is 5.09. The molecule has 0 spiro atoms. The van der Waals surface area contributed by atoms with Crippen molar-refractivity contribution < 1.29 is 4.74 Å². The minimum absolute atomic E-state index is 0.440. The van der Waals surface area contributed by atoms with Gasteiger partial charge in [-0.1, -0.05) is 13.8 Å². The van der Waals surface area contributed by atoms with Crippen molar-refractivity contribution in [3.05, 3.63) is 0 Å². The number of hydrogen-bond donors (Lipinski definition) is 1. The molecule has 9 heavy (non-hydrogen) atoms. The van der Waals surface area contributed by atoms with E-state index in [1.165, 1.54) is 0 Å². The van der Waals surface area contributed by atoms with Gasteiger partial charge in [-0.3, -0.25) is 0 Å². The van der Waals surface area contributed by atoms with E-state index in [1.807, 2.05) is 0 Å². The van der Waals surface area contributed by atoms with Crippen LogP contribution in [0.1, 0.15) is 13.8 Å². The van der Waals surface area contributed by atoms with Gasteiger partial charge in [0.15, 0.2) is 0 Å². The quantitative estimate of drug-likeness (QED) is 0.603. The van der Waals surface area contributed by atoms with Gasteiger partial charge < -0.3 is 10.1 Å². The Kier molecular flexibility index (Phi) is 2.09. The van der Waals surface area contributed by atoms with Crippen LogP contribution in [0.4, 0.5) is 0 Å². The summed E-state index contributed by atoms with van der Waals surface area (Å²) >= 11 is 0. The molecule has 0 aromatic heterocycles. The number of nitrogens with one attached hydrogen (secondary N) is 1. The van der Waals surface area contributed by atoms with Gasteiger partial charge in [-0.2, -0.15) is 0 Å². The monoisotopic (exact) mass is 129 g/mol. The van der Waals surface area contributed by atoms with Crippen LogP contribution in [0.2, 0.25) is 0 Å². The molecule has 0 unspecified atom stereocenters. The van der Waals surface area contributed by atoms with Gasteiger partial charge in [-0.25, -0.2) is 0 Å². The van der Waals surface area contributed by atoms with Gasteiger partial charge in [0, 0.05) is 12.0 Å². The third-order valence-electron chi connectivity index (χ3n) is 1.70. The smallest absolute Gasteiger partial charge is 0.0554 e. The Hall–Kier alpha value is -0.0800. The average Bonchev–Trinajstić information content (AvgIpc) is 1.79. The zero-order valence-electron chi connectivity index (χ0n) is 6.24. The molecule has 0 aliphatic carbocycles. The molecular weight excluding hydrogens is 114 g/mol. The van der Waals surface area contributed by atoms with E-state index in [9.17, 15) is 0 Å². The first-order valence-electron chi connectivity index (χ1n) is 3.55. The zero-order chi connectivity index (χ0) is 6.74. The van der Waals surface area contributed by atoms with Crippen molar-refractivity contribution in [1.82, 2.24) is 5.32 Å². The molecule has 1 fully saturated rings. The van der Waals surface area contributed by atoms with Crippen LogP contribution in [0.5, 0.6) is 0 Å². The lowest BCUT2D eigenvalue weighted by atomic mass is 9.89. The Morgan fingerprint density at radius 2 is 2.22 bits per heavy atom. The topological polar surface area (TPSA) is 21.3 Å². The minimum atomic E-state index is 0.440. The van der Waals surface area contributed by atoms with Crippen LogP contribution in [-0.4, -0.2) is 26.3 Å². The minimum Gasteiger partial charge on any atom is -0.380 e. The van der Waals surface area contributed by atoms with E-state index in [0.717, 1.165) is 26.3 Å². The number of rotatable bonds is 3. The van der Waals surface area contributed by atoms with Gasteiger partial charge in [0.2, 0.25) is 0 Å². The van der Waals surface area contributed by atoms with Crippen LogP contribution in [0, 0.1) is 5.41 Å². The van der Waals surface area contributed by atoms with Crippen LogP contribution in [0.15, 0.2) is 0 Å². The van der Waals surface area contributed by atoms with Gasteiger partial charge in [-0.15, -0.1) is 0 Å². The first-order chi connectivity index (χ1) is 4.27. The summed E-state index contributed by atoms with van der Waals surface area (Å²) < 4.78 is 5.09. The maximum Gasteiger partial charge on any atom is 0.0554 e. The lowest BCUT2D eigenvalue weighted by Gasteiger charge is -2.38. The second-order valence-corrected chi connectivity index (χ2v) is 3.08. The van der Waals surface area contributed by atoms with Crippen molar-refractivity contribution >= 4 is 0 Å². The molecule has 0 saturated carbocycles. The van der Waals surface area contributed by atoms with Crippen molar-refractivity contribution in [1.29, 1.82) is 0 Å². The molecule has 1 aliphatic heterocycles. The lowest BCUT2D eigenvalue weighted by Crippen LogP contribution is -2.47.